The number of hydrogen-bond acceptors (Lipinski definition) is 3. The number of hydrogen-bond donors (Lipinski definition) is 3. The second-order valence-corrected chi connectivity index (χ2v) is 5.07. The van der Waals surface area contributed by atoms with Crippen LogP contribution in [0, 0.1) is 13.8 Å². The van der Waals surface area contributed by atoms with Gasteiger partial charge in [0.15, 0.2) is 0 Å². The highest BCUT2D eigenvalue weighted by Gasteiger charge is 2.13. The van der Waals surface area contributed by atoms with E-state index >= 15 is 0 Å². The lowest BCUT2D eigenvalue weighted by Gasteiger charge is -2.08. The number of aryl methyl sites for hydroxylation is 2. The molecule has 0 fully saturated rings. The van der Waals surface area contributed by atoms with E-state index < -0.39 is 6.03 Å². The first-order valence-corrected chi connectivity index (χ1v) is 6.82. The molecule has 0 spiro atoms. The molecule has 0 bridgehead atoms. The maximum Gasteiger partial charge on any atom is 0.316 e. The van der Waals surface area contributed by atoms with E-state index in [0.717, 1.165) is 17.0 Å². The Morgan fingerprint density at radius 3 is 2.41 bits per heavy atom. The van der Waals surface area contributed by atoms with Gasteiger partial charge in [-0.1, -0.05) is 6.07 Å². The number of nitrogens with one attached hydrogen (secondary N) is 2. The minimum absolute atomic E-state index is 0.143. The highest BCUT2D eigenvalue weighted by atomic mass is 16.2. The fourth-order valence-corrected chi connectivity index (χ4v) is 2.26. The maximum atomic E-state index is 12.2. The molecule has 0 unspecified atom stereocenters. The van der Waals surface area contributed by atoms with Crippen LogP contribution >= 0.6 is 0 Å². The number of nitrogens with zero attached hydrogens (tertiary/aromatic N) is 2. The molecule has 0 saturated heterocycles. The summed E-state index contributed by atoms with van der Waals surface area (Å²) in [6.45, 7) is 3.81. The van der Waals surface area contributed by atoms with Crippen LogP contribution in [-0.2, 0) is 18.3 Å². The van der Waals surface area contributed by atoms with Crippen molar-refractivity contribution in [2.45, 2.75) is 20.3 Å². The molecular weight excluding hydrogens is 282 g/mol. The summed E-state index contributed by atoms with van der Waals surface area (Å²) in [5.74, 6) is -0.143. The van der Waals surface area contributed by atoms with Gasteiger partial charge in [0.1, 0.15) is 0 Å². The topological polar surface area (TPSA) is 102 Å². The van der Waals surface area contributed by atoms with E-state index in [1.54, 1.807) is 28.9 Å². The summed E-state index contributed by atoms with van der Waals surface area (Å²) in [5, 5.41) is 9.56. The van der Waals surface area contributed by atoms with Crippen molar-refractivity contribution in [3.8, 4) is 0 Å². The van der Waals surface area contributed by atoms with Crippen molar-refractivity contribution >= 4 is 23.3 Å². The van der Waals surface area contributed by atoms with Gasteiger partial charge < -0.3 is 16.4 Å². The van der Waals surface area contributed by atoms with Gasteiger partial charge in [0, 0.05) is 29.7 Å². The number of nitrogens with two attached hydrogens (primary N) is 1. The predicted octanol–water partition coefficient (Wildman–Crippen LogP) is 1.71. The number of benzene rings is 1. The average molecular weight is 301 g/mol. The zero-order valence-corrected chi connectivity index (χ0v) is 12.8. The van der Waals surface area contributed by atoms with Gasteiger partial charge in [-0.15, -0.1) is 0 Å². The maximum absolute atomic E-state index is 12.2. The van der Waals surface area contributed by atoms with E-state index in [2.05, 4.69) is 15.7 Å². The van der Waals surface area contributed by atoms with Crippen molar-refractivity contribution in [1.82, 2.24) is 9.78 Å². The van der Waals surface area contributed by atoms with Crippen LogP contribution < -0.4 is 16.4 Å². The second kappa shape index (κ2) is 6.30. The van der Waals surface area contributed by atoms with E-state index in [-0.39, 0.29) is 12.3 Å². The van der Waals surface area contributed by atoms with Crippen molar-refractivity contribution in [2.24, 2.45) is 12.8 Å². The van der Waals surface area contributed by atoms with Crippen LogP contribution in [-0.4, -0.2) is 21.7 Å². The molecule has 2 rings (SSSR count). The minimum atomic E-state index is -0.648. The molecule has 0 aliphatic heterocycles. The lowest BCUT2D eigenvalue weighted by atomic mass is 10.1. The average Bonchev–Trinajstić information content (AvgIpc) is 2.65. The number of anilines is 2. The molecule has 1 heterocycles. The molecule has 3 amide bonds. The summed E-state index contributed by atoms with van der Waals surface area (Å²) in [7, 11) is 1.85. The van der Waals surface area contributed by atoms with Crippen LogP contribution in [0.3, 0.4) is 0 Å². The van der Waals surface area contributed by atoms with Crippen molar-refractivity contribution in [1.29, 1.82) is 0 Å². The molecule has 7 nitrogen and oxygen atoms in total. The number of primary amides is 1. The van der Waals surface area contributed by atoms with E-state index in [9.17, 15) is 9.59 Å². The highest BCUT2D eigenvalue weighted by molar-refractivity contribution is 5.94. The summed E-state index contributed by atoms with van der Waals surface area (Å²) >= 11 is 0. The smallest absolute Gasteiger partial charge is 0.316 e. The molecule has 116 valence electrons. The normalized spacial score (nSPS) is 10.3. The van der Waals surface area contributed by atoms with Crippen LogP contribution in [0.25, 0.3) is 0 Å². The largest absolute Gasteiger partial charge is 0.351 e. The van der Waals surface area contributed by atoms with Gasteiger partial charge >= 0.3 is 6.03 Å². The first kappa shape index (κ1) is 15.6. The number of carbonyl (C=O) groups excluding carboxylic acids is 2. The third-order valence-electron chi connectivity index (χ3n) is 3.41. The lowest BCUT2D eigenvalue weighted by molar-refractivity contribution is -0.115. The van der Waals surface area contributed by atoms with Crippen LogP contribution in [0.1, 0.15) is 17.0 Å². The van der Waals surface area contributed by atoms with Crippen LogP contribution in [0.5, 0.6) is 0 Å². The SMILES string of the molecule is Cc1nn(C)c(C)c1CC(=O)Nc1cccc(NC(N)=O)c1. The van der Waals surface area contributed by atoms with Crippen molar-refractivity contribution < 1.29 is 9.59 Å². The first-order valence-electron chi connectivity index (χ1n) is 6.82. The third-order valence-corrected chi connectivity index (χ3v) is 3.41. The quantitative estimate of drug-likeness (QED) is 0.801. The van der Waals surface area contributed by atoms with Crippen LogP contribution in [0.4, 0.5) is 16.2 Å². The Labute approximate surface area is 128 Å². The summed E-state index contributed by atoms with van der Waals surface area (Å²) in [6.07, 6.45) is 0.249. The minimum Gasteiger partial charge on any atom is -0.351 e. The number of rotatable bonds is 4. The molecule has 0 atom stereocenters. The van der Waals surface area contributed by atoms with Gasteiger partial charge in [-0.25, -0.2) is 4.79 Å². The molecule has 0 radical (unpaired) electrons. The third kappa shape index (κ3) is 3.63. The molecule has 0 aliphatic carbocycles. The van der Waals surface area contributed by atoms with Gasteiger partial charge in [-0.2, -0.15) is 5.10 Å². The van der Waals surface area contributed by atoms with Crippen molar-refractivity contribution in [3.05, 3.63) is 41.2 Å². The molecular formula is C15H19N5O2. The Morgan fingerprint density at radius 1 is 1.23 bits per heavy atom. The molecule has 0 saturated carbocycles. The van der Waals surface area contributed by atoms with Gasteiger partial charge in [0.05, 0.1) is 12.1 Å². The molecule has 22 heavy (non-hydrogen) atoms. The fraction of sp³-hybridized carbons (Fsp3) is 0.267. The number of amides is 3. The molecule has 0 aliphatic rings. The van der Waals surface area contributed by atoms with E-state index in [0.29, 0.717) is 11.4 Å². The zero-order valence-electron chi connectivity index (χ0n) is 12.8. The number of aromatic nitrogens is 2. The van der Waals surface area contributed by atoms with Gasteiger partial charge in [0.25, 0.3) is 0 Å². The zero-order chi connectivity index (χ0) is 16.3. The monoisotopic (exact) mass is 301 g/mol. The van der Waals surface area contributed by atoms with E-state index in [1.807, 2.05) is 20.9 Å². The Balaban J connectivity index is 2.07. The fourth-order valence-electron chi connectivity index (χ4n) is 2.26. The lowest BCUT2D eigenvalue weighted by Crippen LogP contribution is -2.19. The number of carbonyl (C=O) groups is 2. The van der Waals surface area contributed by atoms with Crippen molar-refractivity contribution in [2.75, 3.05) is 10.6 Å². The molecule has 1 aromatic heterocycles. The van der Waals surface area contributed by atoms with Gasteiger partial charge in [0.2, 0.25) is 5.91 Å². The summed E-state index contributed by atoms with van der Waals surface area (Å²) in [6, 6.07) is 6.15. The van der Waals surface area contributed by atoms with E-state index in [1.165, 1.54) is 0 Å². The predicted molar refractivity (Wildman–Crippen MR) is 84.7 cm³/mol. The number of urea groups is 1. The summed E-state index contributed by atoms with van der Waals surface area (Å²) < 4.78 is 1.76. The molecule has 7 heteroatoms. The Kier molecular flexibility index (Phi) is 4.45. The Bertz CT molecular complexity index is 721. The molecule has 1 aromatic carbocycles. The first-order chi connectivity index (χ1) is 10.4. The van der Waals surface area contributed by atoms with Gasteiger partial charge in [-0.3, -0.25) is 9.48 Å². The van der Waals surface area contributed by atoms with Crippen LogP contribution in [0.15, 0.2) is 24.3 Å². The highest BCUT2D eigenvalue weighted by Crippen LogP contribution is 2.17. The molecule has 4 N–H and O–H groups in total. The van der Waals surface area contributed by atoms with Gasteiger partial charge in [-0.05, 0) is 32.0 Å². The molecule has 2 aromatic rings. The Hall–Kier alpha value is -2.83. The standard InChI is InChI=1S/C15H19N5O2/c1-9-13(10(2)20(3)19-9)8-14(21)17-11-5-4-6-12(7-11)18-15(16)22/h4-7H,8H2,1-3H3,(H,17,21)(H3,16,18,22). The van der Waals surface area contributed by atoms with Crippen LogP contribution in [0.2, 0.25) is 0 Å². The van der Waals surface area contributed by atoms with Crippen molar-refractivity contribution in [3.63, 3.8) is 0 Å². The summed E-state index contributed by atoms with van der Waals surface area (Å²) in [4.78, 5) is 23.0. The van der Waals surface area contributed by atoms with E-state index in [4.69, 9.17) is 5.73 Å². The Morgan fingerprint density at radius 2 is 1.86 bits per heavy atom. The second-order valence-electron chi connectivity index (χ2n) is 5.07. The summed E-state index contributed by atoms with van der Waals surface area (Å²) in [5.41, 5.74) is 8.93.